The third-order valence-corrected chi connectivity index (χ3v) is 2.20. The average molecular weight is 426 g/mol. The van der Waals surface area contributed by atoms with Gasteiger partial charge in [0.05, 0.1) is 0 Å². The van der Waals surface area contributed by atoms with Gasteiger partial charge < -0.3 is 20.7 Å². The van der Waals surface area contributed by atoms with E-state index in [1.165, 1.54) is 0 Å². The summed E-state index contributed by atoms with van der Waals surface area (Å²) in [5.41, 5.74) is 5.47. The fraction of sp³-hybridized carbons (Fsp3) is 0.818. The minimum atomic E-state index is -4.42. The molecule has 0 aliphatic rings. The van der Waals surface area contributed by atoms with Gasteiger partial charge >= 0.3 is 6.18 Å². The number of nitrogens with one attached hydrogen (secondary N) is 1. The van der Waals surface area contributed by atoms with Gasteiger partial charge in [-0.25, -0.2) is 4.99 Å². The molecule has 0 aromatic rings. The van der Waals surface area contributed by atoms with Crippen LogP contribution < -0.4 is 11.1 Å². The van der Waals surface area contributed by atoms with E-state index in [0.717, 1.165) is 7.05 Å². The molecule has 1 amide bonds. The predicted molar refractivity (Wildman–Crippen MR) is 84.7 cm³/mol. The lowest BCUT2D eigenvalue weighted by atomic mass is 10.4. The molecule has 126 valence electrons. The van der Waals surface area contributed by atoms with Gasteiger partial charge in [0.25, 0.3) is 0 Å². The molecule has 3 N–H and O–H groups in total. The van der Waals surface area contributed by atoms with Crippen molar-refractivity contribution in [2.75, 3.05) is 39.9 Å². The Hall–Kier alpha value is -0.780. The van der Waals surface area contributed by atoms with Crippen molar-refractivity contribution in [3.05, 3.63) is 0 Å². The first-order valence-electron chi connectivity index (χ1n) is 6.18. The van der Waals surface area contributed by atoms with Crippen LogP contribution in [0.25, 0.3) is 0 Å². The molecule has 21 heavy (non-hydrogen) atoms. The van der Waals surface area contributed by atoms with Crippen LogP contribution in [0.5, 0.6) is 0 Å². The summed E-state index contributed by atoms with van der Waals surface area (Å²) in [5, 5.41) is 2.74. The summed E-state index contributed by atoms with van der Waals surface area (Å²) < 4.78 is 41.3. The van der Waals surface area contributed by atoms with E-state index in [4.69, 9.17) is 10.5 Å². The van der Waals surface area contributed by atoms with E-state index in [-0.39, 0.29) is 29.9 Å². The molecule has 0 aliphatic carbocycles. The van der Waals surface area contributed by atoms with Crippen LogP contribution in [0, 0.1) is 0 Å². The Morgan fingerprint density at radius 2 is 2.05 bits per heavy atom. The summed E-state index contributed by atoms with van der Waals surface area (Å²) in [4.78, 5) is 15.6. The summed E-state index contributed by atoms with van der Waals surface area (Å²) in [6.45, 7) is 1.88. The number of guanidine groups is 1. The second kappa shape index (κ2) is 11.8. The number of aliphatic imine (C=N–C) groups is 1. The lowest BCUT2D eigenvalue weighted by Gasteiger charge is -2.17. The number of ether oxygens (including phenoxy) is 1. The van der Waals surface area contributed by atoms with Crippen LogP contribution in [0.3, 0.4) is 0 Å². The number of likely N-dealkylation sites (N-methyl/N-ethyl adjacent to an activating group) is 1. The van der Waals surface area contributed by atoms with Crippen molar-refractivity contribution in [1.29, 1.82) is 0 Å². The molecule has 6 nitrogen and oxygen atoms in total. The van der Waals surface area contributed by atoms with E-state index >= 15 is 0 Å². The topological polar surface area (TPSA) is 80.0 Å². The van der Waals surface area contributed by atoms with Gasteiger partial charge in [-0.1, -0.05) is 0 Å². The lowest BCUT2D eigenvalue weighted by Crippen LogP contribution is -2.38. The molecule has 0 saturated carbocycles. The maximum atomic E-state index is 12.1. The highest BCUT2D eigenvalue weighted by Crippen LogP contribution is 2.15. The normalized spacial score (nSPS) is 11.8. The van der Waals surface area contributed by atoms with E-state index in [1.807, 2.05) is 6.92 Å². The van der Waals surface area contributed by atoms with Crippen LogP contribution in [0.2, 0.25) is 0 Å². The SMILES string of the molecule is CCOCCCNC(N)=NCC(=O)N(C)CC(F)(F)F.I. The largest absolute Gasteiger partial charge is 0.406 e. The summed E-state index contributed by atoms with van der Waals surface area (Å²) in [6.07, 6.45) is -3.71. The Morgan fingerprint density at radius 3 is 2.57 bits per heavy atom. The molecule has 10 heteroatoms. The third-order valence-electron chi connectivity index (χ3n) is 2.20. The molecule has 0 unspecified atom stereocenters. The van der Waals surface area contributed by atoms with Crippen molar-refractivity contribution in [3.63, 3.8) is 0 Å². The van der Waals surface area contributed by atoms with Gasteiger partial charge in [0, 0.05) is 26.8 Å². The quantitative estimate of drug-likeness (QED) is 0.262. The smallest absolute Gasteiger partial charge is 0.382 e. The molecule has 0 fully saturated rings. The summed E-state index contributed by atoms with van der Waals surface area (Å²) in [6, 6.07) is 0. The van der Waals surface area contributed by atoms with Gasteiger partial charge in [0.1, 0.15) is 13.1 Å². The van der Waals surface area contributed by atoms with E-state index in [0.29, 0.717) is 31.1 Å². The highest BCUT2D eigenvalue weighted by Gasteiger charge is 2.30. The van der Waals surface area contributed by atoms with Crippen molar-refractivity contribution in [2.45, 2.75) is 19.5 Å². The Kier molecular flexibility index (Phi) is 12.7. The number of nitrogens with two attached hydrogens (primary N) is 1. The Labute approximate surface area is 139 Å². The average Bonchev–Trinajstić information content (AvgIpc) is 2.33. The van der Waals surface area contributed by atoms with Crippen LogP contribution in [0.15, 0.2) is 4.99 Å². The monoisotopic (exact) mass is 426 g/mol. The van der Waals surface area contributed by atoms with E-state index in [1.54, 1.807) is 0 Å². The highest BCUT2D eigenvalue weighted by molar-refractivity contribution is 14.0. The number of amides is 1. The number of rotatable bonds is 8. The first kappa shape index (κ1) is 22.5. The zero-order valence-electron chi connectivity index (χ0n) is 12.1. The fourth-order valence-electron chi connectivity index (χ4n) is 1.22. The molecule has 0 saturated heterocycles. The molecular weight excluding hydrogens is 404 g/mol. The lowest BCUT2D eigenvalue weighted by molar-refractivity contribution is -0.157. The zero-order chi connectivity index (χ0) is 15.6. The maximum Gasteiger partial charge on any atom is 0.406 e. The number of carbonyl (C=O) groups excluding carboxylic acids is 1. The standard InChI is InChI=1S/C11H21F3N4O2.HI/c1-3-20-6-4-5-16-10(15)17-7-9(19)18(2)8-11(12,13)14;/h3-8H2,1-2H3,(H3,15,16,17);1H. The number of hydrogen-bond acceptors (Lipinski definition) is 3. The van der Waals surface area contributed by atoms with Crippen molar-refractivity contribution in [1.82, 2.24) is 10.2 Å². The number of hydrogen-bond donors (Lipinski definition) is 2. The van der Waals surface area contributed by atoms with E-state index in [9.17, 15) is 18.0 Å². The van der Waals surface area contributed by atoms with Crippen molar-refractivity contribution < 1.29 is 22.7 Å². The molecule has 0 aromatic carbocycles. The van der Waals surface area contributed by atoms with Crippen LogP contribution in [-0.2, 0) is 9.53 Å². The number of carbonyl (C=O) groups is 1. The van der Waals surface area contributed by atoms with E-state index in [2.05, 4.69) is 10.3 Å². The zero-order valence-corrected chi connectivity index (χ0v) is 14.4. The summed E-state index contributed by atoms with van der Waals surface area (Å²) in [7, 11) is 1.07. The summed E-state index contributed by atoms with van der Waals surface area (Å²) >= 11 is 0. The van der Waals surface area contributed by atoms with Crippen LogP contribution >= 0.6 is 24.0 Å². The van der Waals surface area contributed by atoms with Crippen LogP contribution in [-0.4, -0.2) is 62.8 Å². The van der Waals surface area contributed by atoms with Crippen molar-refractivity contribution in [3.8, 4) is 0 Å². The molecule has 0 heterocycles. The molecule has 0 rings (SSSR count). The predicted octanol–water partition coefficient (Wildman–Crippen LogP) is 0.956. The van der Waals surface area contributed by atoms with Crippen molar-refractivity contribution >= 4 is 35.8 Å². The summed E-state index contributed by atoms with van der Waals surface area (Å²) in [5.74, 6) is -0.725. The molecular formula is C11H22F3IN4O2. The number of alkyl halides is 3. The molecule has 0 atom stereocenters. The van der Waals surface area contributed by atoms with Crippen LogP contribution in [0.1, 0.15) is 13.3 Å². The highest BCUT2D eigenvalue weighted by atomic mass is 127. The van der Waals surface area contributed by atoms with Gasteiger partial charge in [-0.15, -0.1) is 24.0 Å². The van der Waals surface area contributed by atoms with Gasteiger partial charge in [-0.05, 0) is 13.3 Å². The van der Waals surface area contributed by atoms with Crippen molar-refractivity contribution in [2.24, 2.45) is 10.7 Å². The minimum absolute atomic E-state index is 0. The molecule has 0 radical (unpaired) electrons. The van der Waals surface area contributed by atoms with Gasteiger partial charge in [0.15, 0.2) is 5.96 Å². The molecule has 0 aromatic heterocycles. The second-order valence-corrected chi connectivity index (χ2v) is 4.04. The van der Waals surface area contributed by atoms with Gasteiger partial charge in [0.2, 0.25) is 5.91 Å². The molecule has 0 spiro atoms. The Bertz CT molecular complexity index is 327. The number of nitrogens with zero attached hydrogens (tertiary/aromatic N) is 2. The first-order chi connectivity index (χ1) is 9.26. The maximum absolute atomic E-state index is 12.1. The second-order valence-electron chi connectivity index (χ2n) is 4.04. The fourth-order valence-corrected chi connectivity index (χ4v) is 1.22. The van der Waals surface area contributed by atoms with Gasteiger partial charge in [-0.3, -0.25) is 4.79 Å². The Balaban J connectivity index is 0. The number of halogens is 4. The minimum Gasteiger partial charge on any atom is -0.382 e. The molecule has 0 bridgehead atoms. The Morgan fingerprint density at radius 1 is 1.43 bits per heavy atom. The van der Waals surface area contributed by atoms with Crippen LogP contribution in [0.4, 0.5) is 13.2 Å². The van der Waals surface area contributed by atoms with Gasteiger partial charge in [-0.2, -0.15) is 13.2 Å². The first-order valence-corrected chi connectivity index (χ1v) is 6.18. The van der Waals surface area contributed by atoms with E-state index < -0.39 is 25.2 Å². The molecule has 0 aliphatic heterocycles. The third kappa shape index (κ3) is 13.9.